The van der Waals surface area contributed by atoms with E-state index in [2.05, 4.69) is 28.2 Å². The van der Waals surface area contributed by atoms with Gasteiger partial charge in [0.2, 0.25) is 0 Å². The van der Waals surface area contributed by atoms with E-state index in [0.29, 0.717) is 0 Å². The SMILES string of the molecule is COc1c(-c2ccccc2)c2cc3nc(cc4ccc(cc5nc(cc1[nH]2)C=C5)[nH]4)C=C3.[Ni]. The van der Waals surface area contributed by atoms with Crippen LogP contribution in [0.4, 0.5) is 0 Å². The summed E-state index contributed by atoms with van der Waals surface area (Å²) in [5.41, 5.74) is 9.42. The molecule has 0 atom stereocenters. The third-order valence-corrected chi connectivity index (χ3v) is 5.57. The Morgan fingerprint density at radius 1 is 0.636 bits per heavy atom. The van der Waals surface area contributed by atoms with Gasteiger partial charge in [-0.25, -0.2) is 9.97 Å². The van der Waals surface area contributed by atoms with Crippen LogP contribution in [0.3, 0.4) is 0 Å². The molecule has 5 nitrogen and oxygen atoms in total. The minimum Gasteiger partial charge on any atom is -0.494 e. The molecule has 0 unspecified atom stereocenters. The van der Waals surface area contributed by atoms with Crippen molar-refractivity contribution in [3.05, 3.63) is 89.5 Å². The van der Waals surface area contributed by atoms with Crippen LogP contribution in [-0.2, 0) is 16.5 Å². The van der Waals surface area contributed by atoms with Crippen LogP contribution >= 0.6 is 0 Å². The molecule has 0 radical (unpaired) electrons. The van der Waals surface area contributed by atoms with Gasteiger partial charge in [-0.05, 0) is 66.3 Å². The summed E-state index contributed by atoms with van der Waals surface area (Å²) in [4.78, 5) is 16.5. The molecule has 6 heteroatoms. The van der Waals surface area contributed by atoms with Gasteiger partial charge in [0.25, 0.3) is 0 Å². The molecule has 0 fully saturated rings. The Labute approximate surface area is 200 Å². The van der Waals surface area contributed by atoms with Crippen LogP contribution in [0.15, 0.2) is 66.7 Å². The summed E-state index contributed by atoms with van der Waals surface area (Å²) in [7, 11) is 1.70. The zero-order chi connectivity index (χ0) is 21.5. The fraction of sp³-hybridized carbons (Fsp3) is 0.0370. The molecule has 2 aliphatic heterocycles. The number of benzene rings is 1. The minimum atomic E-state index is 0. The number of fused-ring (bicyclic) bond motifs is 8. The Morgan fingerprint density at radius 3 is 1.76 bits per heavy atom. The van der Waals surface area contributed by atoms with Gasteiger partial charge in [0, 0.05) is 33.1 Å². The van der Waals surface area contributed by atoms with Crippen molar-refractivity contribution in [2.24, 2.45) is 0 Å². The van der Waals surface area contributed by atoms with Gasteiger partial charge in [0.1, 0.15) is 0 Å². The summed E-state index contributed by atoms with van der Waals surface area (Å²) in [6.45, 7) is 0. The molecule has 33 heavy (non-hydrogen) atoms. The molecule has 164 valence electrons. The summed E-state index contributed by atoms with van der Waals surface area (Å²) in [5, 5.41) is 0. The number of methoxy groups -OCH3 is 1. The molecule has 0 saturated carbocycles. The van der Waals surface area contributed by atoms with Crippen molar-refractivity contribution < 1.29 is 21.2 Å². The predicted molar refractivity (Wildman–Crippen MR) is 131 cm³/mol. The van der Waals surface area contributed by atoms with Gasteiger partial charge in [0.05, 0.1) is 40.9 Å². The van der Waals surface area contributed by atoms with Gasteiger partial charge < -0.3 is 14.7 Å². The maximum atomic E-state index is 5.88. The van der Waals surface area contributed by atoms with Gasteiger partial charge in [-0.1, -0.05) is 30.3 Å². The van der Waals surface area contributed by atoms with Gasteiger partial charge in [-0.15, -0.1) is 0 Å². The number of hydrogen-bond acceptors (Lipinski definition) is 3. The number of hydrogen-bond donors (Lipinski definition) is 2. The van der Waals surface area contributed by atoms with Gasteiger partial charge in [-0.3, -0.25) is 0 Å². The smallest absolute Gasteiger partial charge is 0.152 e. The minimum absolute atomic E-state index is 0. The van der Waals surface area contributed by atoms with Crippen LogP contribution < -0.4 is 4.74 Å². The number of aromatic nitrogens is 4. The molecule has 2 aliphatic rings. The Bertz CT molecular complexity index is 1560. The second-order valence-electron chi connectivity index (χ2n) is 7.76. The van der Waals surface area contributed by atoms with Gasteiger partial charge >= 0.3 is 0 Å². The van der Waals surface area contributed by atoms with Crippen molar-refractivity contribution in [1.29, 1.82) is 0 Å². The van der Waals surface area contributed by atoms with Crippen molar-refractivity contribution in [2.45, 2.75) is 0 Å². The van der Waals surface area contributed by atoms with Crippen molar-refractivity contribution in [3.63, 3.8) is 0 Å². The van der Waals surface area contributed by atoms with E-state index in [9.17, 15) is 0 Å². The van der Waals surface area contributed by atoms with E-state index in [-0.39, 0.29) is 16.5 Å². The van der Waals surface area contributed by atoms with E-state index in [0.717, 1.165) is 61.7 Å². The first-order chi connectivity index (χ1) is 15.7. The third kappa shape index (κ3) is 4.01. The number of nitrogens with one attached hydrogen (secondary N) is 2. The second kappa shape index (κ2) is 8.57. The molecule has 3 aromatic heterocycles. The van der Waals surface area contributed by atoms with E-state index in [1.807, 2.05) is 72.8 Å². The maximum absolute atomic E-state index is 5.88. The van der Waals surface area contributed by atoms with Crippen LogP contribution in [0.1, 0.15) is 22.8 Å². The van der Waals surface area contributed by atoms with E-state index >= 15 is 0 Å². The third-order valence-electron chi connectivity index (χ3n) is 5.57. The molecular formula is C27H20N4NiO. The molecule has 0 amide bonds. The molecule has 8 bridgehead atoms. The molecular weight excluding hydrogens is 455 g/mol. The number of aromatic amines is 2. The average Bonchev–Trinajstić information content (AvgIpc) is 3.58. The summed E-state index contributed by atoms with van der Waals surface area (Å²) < 4.78 is 5.88. The zero-order valence-corrected chi connectivity index (χ0v) is 18.8. The van der Waals surface area contributed by atoms with Gasteiger partial charge in [-0.2, -0.15) is 0 Å². The molecule has 2 N–H and O–H groups in total. The van der Waals surface area contributed by atoms with Gasteiger partial charge in [0.15, 0.2) is 5.75 Å². The largest absolute Gasteiger partial charge is 0.494 e. The Kier molecular flexibility index (Phi) is 5.45. The maximum Gasteiger partial charge on any atom is 0.152 e. The fourth-order valence-corrected chi connectivity index (χ4v) is 4.16. The van der Waals surface area contributed by atoms with E-state index in [1.165, 1.54) is 0 Å². The molecule has 4 aromatic rings. The standard InChI is InChI=1S/C27H20N4O.Ni/c1-32-27-25-16-23-12-10-21(30-23)14-19-8-7-18(28-19)13-20-9-11-22(29-20)15-24(31-25)26(27)17-5-3-2-4-6-17;/h2-16,28,31H,1H3;. The molecule has 5 heterocycles. The topological polar surface area (TPSA) is 66.6 Å². The van der Waals surface area contributed by atoms with E-state index in [1.54, 1.807) is 7.11 Å². The summed E-state index contributed by atoms with van der Waals surface area (Å²) in [5.74, 6) is 0.784. The fourth-order valence-electron chi connectivity index (χ4n) is 4.16. The van der Waals surface area contributed by atoms with Crippen LogP contribution in [0.25, 0.3) is 57.5 Å². The number of rotatable bonds is 2. The Hall–Kier alpha value is -3.89. The average molecular weight is 475 g/mol. The van der Waals surface area contributed by atoms with Crippen molar-refractivity contribution in [3.8, 4) is 16.9 Å². The normalized spacial score (nSPS) is 11.9. The van der Waals surface area contributed by atoms with E-state index < -0.39 is 0 Å². The zero-order valence-electron chi connectivity index (χ0n) is 17.8. The van der Waals surface area contributed by atoms with Crippen molar-refractivity contribution in [2.75, 3.05) is 7.11 Å². The monoisotopic (exact) mass is 474 g/mol. The number of nitrogens with zero attached hydrogens (tertiary/aromatic N) is 2. The van der Waals surface area contributed by atoms with E-state index in [4.69, 9.17) is 14.7 Å². The van der Waals surface area contributed by atoms with Crippen LogP contribution in [0.2, 0.25) is 0 Å². The number of ether oxygens (including phenoxy) is 1. The molecule has 0 spiro atoms. The Morgan fingerprint density at radius 2 is 1.18 bits per heavy atom. The first-order valence-electron chi connectivity index (χ1n) is 10.5. The summed E-state index contributed by atoms with van der Waals surface area (Å²) >= 11 is 0. The summed E-state index contributed by atoms with van der Waals surface area (Å²) in [6.07, 6.45) is 8.07. The summed E-state index contributed by atoms with van der Waals surface area (Å²) in [6, 6.07) is 22.5. The second-order valence-corrected chi connectivity index (χ2v) is 7.76. The molecule has 6 rings (SSSR count). The van der Waals surface area contributed by atoms with Crippen LogP contribution in [-0.4, -0.2) is 27.0 Å². The molecule has 1 aromatic carbocycles. The predicted octanol–water partition coefficient (Wildman–Crippen LogP) is 6.33. The molecule has 0 aliphatic carbocycles. The quantitative estimate of drug-likeness (QED) is 0.288. The first-order valence-corrected chi connectivity index (χ1v) is 10.5. The number of H-pyrrole nitrogens is 2. The Balaban J connectivity index is 0.00000228. The van der Waals surface area contributed by atoms with Crippen LogP contribution in [0.5, 0.6) is 5.75 Å². The van der Waals surface area contributed by atoms with Crippen molar-refractivity contribution in [1.82, 2.24) is 19.9 Å². The first kappa shape index (κ1) is 21.0. The van der Waals surface area contributed by atoms with Crippen LogP contribution in [0, 0.1) is 0 Å². The van der Waals surface area contributed by atoms with Crippen molar-refractivity contribution >= 4 is 46.4 Å². The molecule has 0 saturated heterocycles.